The van der Waals surface area contributed by atoms with Crippen LogP contribution in [0.4, 0.5) is 0 Å². The fourth-order valence-corrected chi connectivity index (χ4v) is 3.80. The third kappa shape index (κ3) is 3.92. The molecule has 0 radical (unpaired) electrons. The molecule has 0 unspecified atom stereocenters. The number of hydrogen-bond donors (Lipinski definition) is 3. The van der Waals surface area contributed by atoms with Gasteiger partial charge in [-0.25, -0.2) is 9.78 Å². The van der Waals surface area contributed by atoms with Gasteiger partial charge in [-0.05, 0) is 29.2 Å². The molecule has 0 bridgehead atoms. The second-order valence-electron chi connectivity index (χ2n) is 7.57. The molecule has 0 atom stereocenters. The molecule has 0 saturated carbocycles. The first-order chi connectivity index (χ1) is 15.4. The van der Waals surface area contributed by atoms with Crippen molar-refractivity contribution >= 4 is 17.0 Å². The molecule has 0 amide bonds. The highest BCUT2D eigenvalue weighted by molar-refractivity contribution is 5.96. The third-order valence-corrected chi connectivity index (χ3v) is 5.36. The standard InChI is InChI=1S/C25H22N2O5/c1-2-5-23-26-19-12-21(28)24(30)22(29)13-20(19)27(23)14-15-8-10-16(11-9-15)17-6-3-4-7-18(17)25(31)32/h3-4,6-13H,2,5,14H2,1H3,(H,31,32)(H2,28,29,30). The van der Waals surface area contributed by atoms with Crippen LogP contribution in [0.1, 0.15) is 35.1 Å². The maximum atomic E-state index is 11.9. The van der Waals surface area contributed by atoms with Gasteiger partial charge in [-0.3, -0.25) is 4.79 Å². The smallest absolute Gasteiger partial charge is 0.336 e. The van der Waals surface area contributed by atoms with E-state index in [0.717, 1.165) is 23.4 Å². The number of nitrogens with zero attached hydrogens (tertiary/aromatic N) is 2. The molecular weight excluding hydrogens is 408 g/mol. The number of carbonyl (C=O) groups is 1. The molecule has 0 spiro atoms. The summed E-state index contributed by atoms with van der Waals surface area (Å²) in [5, 5.41) is 29.4. The van der Waals surface area contributed by atoms with Gasteiger partial charge < -0.3 is 19.9 Å². The molecule has 0 fully saturated rings. The average molecular weight is 430 g/mol. The van der Waals surface area contributed by atoms with Crippen LogP contribution in [0.3, 0.4) is 0 Å². The molecule has 3 aromatic carbocycles. The highest BCUT2D eigenvalue weighted by Gasteiger charge is 2.15. The molecule has 3 N–H and O–H groups in total. The van der Waals surface area contributed by atoms with Crippen molar-refractivity contribution < 1.29 is 20.1 Å². The molecule has 4 rings (SSSR count). The van der Waals surface area contributed by atoms with Crippen LogP contribution in [0.2, 0.25) is 0 Å². The Labute approximate surface area is 183 Å². The monoisotopic (exact) mass is 430 g/mol. The summed E-state index contributed by atoms with van der Waals surface area (Å²) in [6, 6.07) is 17.0. The second kappa shape index (κ2) is 8.55. The number of fused-ring (bicyclic) bond motifs is 1. The normalized spacial score (nSPS) is 11.0. The molecule has 0 aliphatic heterocycles. The van der Waals surface area contributed by atoms with Gasteiger partial charge >= 0.3 is 5.97 Å². The minimum Gasteiger partial charge on any atom is -0.504 e. The fraction of sp³-hybridized carbons (Fsp3) is 0.160. The number of hydrogen-bond acceptors (Lipinski definition) is 5. The molecule has 1 aromatic heterocycles. The lowest BCUT2D eigenvalue weighted by molar-refractivity contribution is 0.0697. The summed E-state index contributed by atoms with van der Waals surface area (Å²) in [5.74, 6) is -1.29. The van der Waals surface area contributed by atoms with Gasteiger partial charge in [0.1, 0.15) is 5.82 Å². The zero-order valence-corrected chi connectivity index (χ0v) is 17.4. The predicted octanol–water partition coefficient (Wildman–Crippen LogP) is 4.17. The molecule has 32 heavy (non-hydrogen) atoms. The lowest BCUT2D eigenvalue weighted by Crippen LogP contribution is -2.05. The molecule has 162 valence electrons. The third-order valence-electron chi connectivity index (χ3n) is 5.36. The van der Waals surface area contributed by atoms with E-state index in [4.69, 9.17) is 0 Å². The van der Waals surface area contributed by atoms with E-state index in [2.05, 4.69) is 4.98 Å². The molecule has 7 heteroatoms. The summed E-state index contributed by atoms with van der Waals surface area (Å²) in [6.07, 6.45) is 1.54. The van der Waals surface area contributed by atoms with Crippen LogP contribution in [0.5, 0.6) is 11.5 Å². The van der Waals surface area contributed by atoms with Gasteiger partial charge in [0.15, 0.2) is 11.5 Å². The lowest BCUT2D eigenvalue weighted by Gasteiger charge is -2.11. The van der Waals surface area contributed by atoms with Crippen LogP contribution < -0.4 is 5.43 Å². The highest BCUT2D eigenvalue weighted by atomic mass is 16.4. The lowest BCUT2D eigenvalue weighted by atomic mass is 9.99. The summed E-state index contributed by atoms with van der Waals surface area (Å²) in [5.41, 5.74) is 2.74. The Kier molecular flexibility index (Phi) is 5.64. The SMILES string of the molecule is CCCc1nc2cc(O)c(=O)c(O)cc2n1Cc1ccc(-c2ccccc2C(=O)O)cc1. The van der Waals surface area contributed by atoms with Gasteiger partial charge in [0.05, 0.1) is 16.6 Å². The molecule has 4 aromatic rings. The Hall–Kier alpha value is -4.13. The van der Waals surface area contributed by atoms with Gasteiger partial charge in [-0.15, -0.1) is 0 Å². The number of carboxylic acid groups (broad SMARTS) is 1. The number of aryl methyl sites for hydroxylation is 1. The Morgan fingerprint density at radius 1 is 1.00 bits per heavy atom. The van der Waals surface area contributed by atoms with Crippen molar-refractivity contribution in [2.75, 3.05) is 0 Å². The fourth-order valence-electron chi connectivity index (χ4n) is 3.80. The van der Waals surface area contributed by atoms with Gasteiger partial charge in [-0.1, -0.05) is 49.4 Å². The summed E-state index contributed by atoms with van der Waals surface area (Å²) in [4.78, 5) is 28.0. The highest BCUT2D eigenvalue weighted by Crippen LogP contribution is 2.26. The zero-order chi connectivity index (χ0) is 22.8. The molecule has 0 aliphatic carbocycles. The minimum atomic E-state index is -0.979. The van der Waals surface area contributed by atoms with Crippen molar-refractivity contribution in [3.63, 3.8) is 0 Å². The number of aromatic hydroxyl groups is 2. The van der Waals surface area contributed by atoms with Crippen molar-refractivity contribution in [1.29, 1.82) is 0 Å². The number of rotatable bonds is 6. The van der Waals surface area contributed by atoms with Crippen LogP contribution in [0, 0.1) is 0 Å². The topological polar surface area (TPSA) is 113 Å². The molecule has 7 nitrogen and oxygen atoms in total. The van der Waals surface area contributed by atoms with Gasteiger partial charge in [0.2, 0.25) is 0 Å². The molecule has 0 saturated heterocycles. The minimum absolute atomic E-state index is 0.238. The van der Waals surface area contributed by atoms with Crippen molar-refractivity contribution in [1.82, 2.24) is 9.55 Å². The Bertz CT molecular complexity index is 1370. The van der Waals surface area contributed by atoms with E-state index in [0.29, 0.717) is 29.6 Å². The quantitative estimate of drug-likeness (QED) is 0.423. The maximum absolute atomic E-state index is 11.9. The van der Waals surface area contributed by atoms with E-state index in [1.54, 1.807) is 24.3 Å². The summed E-state index contributed by atoms with van der Waals surface area (Å²) < 4.78 is 1.91. The summed E-state index contributed by atoms with van der Waals surface area (Å²) in [6.45, 7) is 2.47. The molecule has 1 heterocycles. The number of imidazole rings is 1. The first-order valence-electron chi connectivity index (χ1n) is 10.3. The largest absolute Gasteiger partial charge is 0.504 e. The van der Waals surface area contributed by atoms with E-state index in [9.17, 15) is 24.9 Å². The van der Waals surface area contributed by atoms with E-state index in [1.165, 1.54) is 12.1 Å². The van der Waals surface area contributed by atoms with E-state index in [-0.39, 0.29) is 5.56 Å². The second-order valence-corrected chi connectivity index (χ2v) is 7.57. The Balaban J connectivity index is 1.76. The van der Waals surface area contributed by atoms with Crippen LogP contribution in [-0.4, -0.2) is 30.8 Å². The van der Waals surface area contributed by atoms with Crippen LogP contribution >= 0.6 is 0 Å². The van der Waals surface area contributed by atoms with E-state index in [1.807, 2.05) is 35.8 Å². The van der Waals surface area contributed by atoms with E-state index < -0.39 is 22.9 Å². The van der Waals surface area contributed by atoms with Gasteiger partial charge in [0.25, 0.3) is 5.43 Å². The predicted molar refractivity (Wildman–Crippen MR) is 121 cm³/mol. The van der Waals surface area contributed by atoms with Crippen LogP contribution in [-0.2, 0) is 13.0 Å². The van der Waals surface area contributed by atoms with Gasteiger partial charge in [0, 0.05) is 25.1 Å². The number of aromatic carboxylic acids is 1. The average Bonchev–Trinajstić information content (AvgIpc) is 3.04. The zero-order valence-electron chi connectivity index (χ0n) is 17.4. The van der Waals surface area contributed by atoms with Gasteiger partial charge in [-0.2, -0.15) is 0 Å². The number of benzene rings is 2. The number of carboxylic acids is 1. The first-order valence-corrected chi connectivity index (χ1v) is 10.3. The van der Waals surface area contributed by atoms with E-state index >= 15 is 0 Å². The van der Waals surface area contributed by atoms with Crippen LogP contribution in [0.15, 0.2) is 65.5 Å². The summed E-state index contributed by atoms with van der Waals surface area (Å²) >= 11 is 0. The van der Waals surface area contributed by atoms with Crippen molar-refractivity contribution in [2.24, 2.45) is 0 Å². The van der Waals surface area contributed by atoms with Crippen LogP contribution in [0.25, 0.3) is 22.2 Å². The summed E-state index contributed by atoms with van der Waals surface area (Å²) in [7, 11) is 0. The molecule has 0 aliphatic rings. The first kappa shape index (κ1) is 21.1. The Morgan fingerprint density at radius 3 is 2.38 bits per heavy atom. The molecular formula is C25H22N2O5. The maximum Gasteiger partial charge on any atom is 0.336 e. The van der Waals surface area contributed by atoms with Crippen molar-refractivity contribution in [3.05, 3.63) is 87.8 Å². The Morgan fingerprint density at radius 2 is 1.69 bits per heavy atom. The van der Waals surface area contributed by atoms with Crippen molar-refractivity contribution in [2.45, 2.75) is 26.3 Å². The van der Waals surface area contributed by atoms with Crippen molar-refractivity contribution in [3.8, 4) is 22.6 Å². The number of aromatic nitrogens is 2.